The van der Waals surface area contributed by atoms with Crippen LogP contribution in [-0.2, 0) is 0 Å². The highest BCUT2D eigenvalue weighted by Gasteiger charge is 2.35. The number of allylic oxidation sites excluding steroid dienone is 7. The molecule has 1 atom stereocenters. The molecule has 2 aliphatic rings. The Hall–Kier alpha value is -1.75. The Labute approximate surface area is 83.7 Å². The largest absolute Gasteiger partial charge is 0.401 e. The zero-order valence-electron chi connectivity index (χ0n) is 8.12. The van der Waals surface area contributed by atoms with Gasteiger partial charge in [-0.2, -0.15) is 5.26 Å². The van der Waals surface area contributed by atoms with E-state index in [1.807, 2.05) is 18.2 Å². The van der Waals surface area contributed by atoms with E-state index in [2.05, 4.69) is 19.1 Å². The van der Waals surface area contributed by atoms with Crippen molar-refractivity contribution in [3.8, 4) is 6.07 Å². The maximum Gasteiger partial charge on any atom is 0.0994 e. The minimum Gasteiger partial charge on any atom is -0.401 e. The second-order valence-corrected chi connectivity index (χ2v) is 3.86. The van der Waals surface area contributed by atoms with Crippen LogP contribution in [-0.4, -0.2) is 0 Å². The summed E-state index contributed by atoms with van der Waals surface area (Å²) in [6.07, 6.45) is 10.6. The molecule has 14 heavy (non-hydrogen) atoms. The Morgan fingerprint density at radius 2 is 2.21 bits per heavy atom. The van der Waals surface area contributed by atoms with Gasteiger partial charge >= 0.3 is 0 Å². The zero-order chi connectivity index (χ0) is 10.2. The van der Waals surface area contributed by atoms with Gasteiger partial charge in [-0.1, -0.05) is 18.2 Å². The predicted octanol–water partition coefficient (Wildman–Crippen LogP) is 2.19. The van der Waals surface area contributed by atoms with Gasteiger partial charge in [-0.05, 0) is 31.1 Å². The highest BCUT2D eigenvalue weighted by atomic mass is 14.6. The number of nitrogens with two attached hydrogens (primary N) is 1. The van der Waals surface area contributed by atoms with E-state index in [9.17, 15) is 0 Å². The lowest BCUT2D eigenvalue weighted by Gasteiger charge is -2.35. The Morgan fingerprint density at radius 1 is 1.43 bits per heavy atom. The molecule has 0 radical (unpaired) electrons. The molecule has 2 rings (SSSR count). The third kappa shape index (κ3) is 1.03. The first kappa shape index (κ1) is 8.83. The van der Waals surface area contributed by atoms with Crippen molar-refractivity contribution in [1.82, 2.24) is 0 Å². The number of nitriles is 1. The molecule has 0 aromatic rings. The van der Waals surface area contributed by atoms with Crippen molar-refractivity contribution in [2.24, 2.45) is 11.1 Å². The van der Waals surface area contributed by atoms with E-state index in [1.165, 1.54) is 0 Å². The minimum atomic E-state index is -0.172. The molecule has 0 aromatic carbocycles. The number of rotatable bonds is 0. The first-order valence-electron chi connectivity index (χ1n) is 4.64. The third-order valence-corrected chi connectivity index (χ3v) is 3.00. The van der Waals surface area contributed by atoms with Crippen molar-refractivity contribution < 1.29 is 0 Å². The summed E-state index contributed by atoms with van der Waals surface area (Å²) in [4.78, 5) is 0. The zero-order valence-corrected chi connectivity index (χ0v) is 8.12. The van der Waals surface area contributed by atoms with Crippen LogP contribution in [0.4, 0.5) is 0 Å². The quantitative estimate of drug-likeness (QED) is 0.627. The topological polar surface area (TPSA) is 49.8 Å². The van der Waals surface area contributed by atoms with Gasteiger partial charge in [0.25, 0.3) is 0 Å². The van der Waals surface area contributed by atoms with Crippen molar-refractivity contribution in [3.05, 3.63) is 47.2 Å². The Morgan fingerprint density at radius 3 is 2.93 bits per heavy atom. The molecule has 2 N–H and O–H groups in total. The number of fused-ring (bicyclic) bond motifs is 1. The third-order valence-electron chi connectivity index (χ3n) is 3.00. The van der Waals surface area contributed by atoms with Gasteiger partial charge in [0.1, 0.15) is 0 Å². The summed E-state index contributed by atoms with van der Waals surface area (Å²) >= 11 is 0. The summed E-state index contributed by atoms with van der Waals surface area (Å²) < 4.78 is 0. The monoisotopic (exact) mass is 184 g/mol. The van der Waals surface area contributed by atoms with Crippen LogP contribution in [0.3, 0.4) is 0 Å². The molecule has 2 nitrogen and oxygen atoms in total. The van der Waals surface area contributed by atoms with Crippen LogP contribution in [0.5, 0.6) is 0 Å². The maximum absolute atomic E-state index is 8.98. The highest BCUT2D eigenvalue weighted by Crippen LogP contribution is 2.44. The molecule has 0 amide bonds. The first-order chi connectivity index (χ1) is 6.68. The summed E-state index contributed by atoms with van der Waals surface area (Å²) in [5.41, 5.74) is 8.41. The molecule has 0 spiro atoms. The van der Waals surface area contributed by atoms with Crippen LogP contribution in [0.1, 0.15) is 13.3 Å². The van der Waals surface area contributed by atoms with Crippen molar-refractivity contribution in [2.75, 3.05) is 0 Å². The smallest absolute Gasteiger partial charge is 0.0994 e. The lowest BCUT2D eigenvalue weighted by atomic mass is 9.69. The molecule has 1 unspecified atom stereocenters. The average Bonchev–Trinajstić information content (AvgIpc) is 2.20. The van der Waals surface area contributed by atoms with E-state index in [0.29, 0.717) is 0 Å². The molecule has 0 fully saturated rings. The van der Waals surface area contributed by atoms with Gasteiger partial charge in [0.2, 0.25) is 0 Å². The molecule has 70 valence electrons. The number of hydrogen-bond donors (Lipinski definition) is 1. The maximum atomic E-state index is 8.98. The fraction of sp³-hybridized carbons (Fsp3) is 0.250. The van der Waals surface area contributed by atoms with E-state index in [4.69, 9.17) is 11.0 Å². The summed E-state index contributed by atoms with van der Waals surface area (Å²) in [5.74, 6) is 0. The minimum absolute atomic E-state index is 0.172. The van der Waals surface area contributed by atoms with Gasteiger partial charge in [0.05, 0.1) is 11.6 Å². The Balaban J connectivity index is 2.59. The summed E-state index contributed by atoms with van der Waals surface area (Å²) in [7, 11) is 0. The number of nitrogens with zero attached hydrogens (tertiary/aromatic N) is 1. The van der Waals surface area contributed by atoms with E-state index < -0.39 is 0 Å². The van der Waals surface area contributed by atoms with Gasteiger partial charge in [-0.15, -0.1) is 0 Å². The summed E-state index contributed by atoms with van der Waals surface area (Å²) in [6.45, 7) is 2.08. The average molecular weight is 184 g/mol. The molecule has 0 saturated heterocycles. The SMILES string of the molecule is CC12CC=CC=C1C(C#N)=CC=C2N. The molecule has 0 heterocycles. The van der Waals surface area contributed by atoms with E-state index >= 15 is 0 Å². The van der Waals surface area contributed by atoms with Crippen LogP contribution in [0.25, 0.3) is 0 Å². The summed E-state index contributed by atoms with van der Waals surface area (Å²) in [5, 5.41) is 8.98. The fourth-order valence-electron chi connectivity index (χ4n) is 1.97. The molecular weight excluding hydrogens is 172 g/mol. The standard InChI is InChI=1S/C12H12N2/c1-12-7-3-2-4-10(12)9(8-13)5-6-11(12)14/h2-6H,7,14H2,1H3. The van der Waals surface area contributed by atoms with Crippen LogP contribution >= 0.6 is 0 Å². The predicted molar refractivity (Wildman–Crippen MR) is 55.9 cm³/mol. The van der Waals surface area contributed by atoms with Crippen molar-refractivity contribution in [3.63, 3.8) is 0 Å². The lowest BCUT2D eigenvalue weighted by molar-refractivity contribution is 0.479. The molecule has 2 aliphatic carbocycles. The van der Waals surface area contributed by atoms with Gasteiger partial charge in [0.15, 0.2) is 0 Å². The molecule has 2 heteroatoms. The van der Waals surface area contributed by atoms with Gasteiger partial charge in [-0.25, -0.2) is 0 Å². The highest BCUT2D eigenvalue weighted by molar-refractivity contribution is 5.57. The molecule has 0 aromatic heterocycles. The van der Waals surface area contributed by atoms with Gasteiger partial charge in [0, 0.05) is 11.1 Å². The first-order valence-corrected chi connectivity index (χ1v) is 4.64. The van der Waals surface area contributed by atoms with Crippen LogP contribution in [0.2, 0.25) is 0 Å². The van der Waals surface area contributed by atoms with Crippen molar-refractivity contribution >= 4 is 0 Å². The molecule has 0 saturated carbocycles. The summed E-state index contributed by atoms with van der Waals surface area (Å²) in [6, 6.07) is 2.21. The van der Waals surface area contributed by atoms with Crippen molar-refractivity contribution in [1.29, 1.82) is 5.26 Å². The normalized spacial score (nSPS) is 29.6. The van der Waals surface area contributed by atoms with E-state index in [0.717, 1.165) is 23.3 Å². The second kappa shape index (κ2) is 2.88. The van der Waals surface area contributed by atoms with Crippen LogP contribution in [0, 0.1) is 16.7 Å². The van der Waals surface area contributed by atoms with Gasteiger partial charge < -0.3 is 5.73 Å². The molecule has 0 aliphatic heterocycles. The fourth-order valence-corrected chi connectivity index (χ4v) is 1.97. The van der Waals surface area contributed by atoms with Crippen LogP contribution < -0.4 is 5.73 Å². The van der Waals surface area contributed by atoms with Crippen molar-refractivity contribution in [2.45, 2.75) is 13.3 Å². The molecular formula is C12H12N2. The second-order valence-electron chi connectivity index (χ2n) is 3.86. The molecule has 0 bridgehead atoms. The van der Waals surface area contributed by atoms with E-state index in [-0.39, 0.29) is 5.41 Å². The Kier molecular flexibility index (Phi) is 1.82. The lowest BCUT2D eigenvalue weighted by Crippen LogP contribution is -2.30. The number of hydrogen-bond acceptors (Lipinski definition) is 2. The Bertz CT molecular complexity index is 430. The van der Waals surface area contributed by atoms with E-state index in [1.54, 1.807) is 6.08 Å². The van der Waals surface area contributed by atoms with Crippen LogP contribution in [0.15, 0.2) is 47.2 Å². The van der Waals surface area contributed by atoms with Gasteiger partial charge in [-0.3, -0.25) is 0 Å².